The van der Waals surface area contributed by atoms with E-state index >= 15 is 0 Å². The summed E-state index contributed by atoms with van der Waals surface area (Å²) < 4.78 is 11.0. The maximum Gasteiger partial charge on any atom is 0.227 e. The molecule has 1 heterocycles. The van der Waals surface area contributed by atoms with E-state index in [0.29, 0.717) is 31.2 Å². The summed E-state index contributed by atoms with van der Waals surface area (Å²) in [5.74, 6) is 0.857. The lowest BCUT2D eigenvalue weighted by atomic mass is 10.1. The zero-order chi connectivity index (χ0) is 19.9. The van der Waals surface area contributed by atoms with E-state index in [2.05, 4.69) is 5.32 Å². The highest BCUT2D eigenvalue weighted by Crippen LogP contribution is 2.28. The first-order valence-electron chi connectivity index (χ1n) is 9.55. The first-order valence-corrected chi connectivity index (χ1v) is 9.55. The van der Waals surface area contributed by atoms with Crippen LogP contribution in [0.5, 0.6) is 11.5 Å². The third kappa shape index (κ3) is 4.63. The Bertz CT molecular complexity index is 823. The molecule has 0 spiro atoms. The molecule has 0 aromatic heterocycles. The van der Waals surface area contributed by atoms with Crippen LogP contribution in [0.3, 0.4) is 0 Å². The number of nitrogens with zero attached hydrogens (tertiary/aromatic N) is 1. The van der Waals surface area contributed by atoms with Gasteiger partial charge in [0.05, 0.1) is 19.6 Å². The highest BCUT2D eigenvalue weighted by atomic mass is 16.5. The van der Waals surface area contributed by atoms with Gasteiger partial charge < -0.3 is 19.7 Å². The molecule has 0 aliphatic carbocycles. The summed E-state index contributed by atoms with van der Waals surface area (Å²) in [5, 5.41) is 2.93. The van der Waals surface area contributed by atoms with E-state index in [1.54, 1.807) is 12.0 Å². The van der Waals surface area contributed by atoms with Crippen molar-refractivity contribution in [1.29, 1.82) is 0 Å². The van der Waals surface area contributed by atoms with Crippen molar-refractivity contribution in [3.05, 3.63) is 54.1 Å². The molecule has 3 rings (SSSR count). The molecule has 6 heteroatoms. The normalized spacial score (nSPS) is 16.1. The molecule has 28 heavy (non-hydrogen) atoms. The minimum Gasteiger partial charge on any atom is -0.493 e. The molecule has 0 saturated carbocycles. The van der Waals surface area contributed by atoms with Crippen LogP contribution in [0.1, 0.15) is 25.3 Å². The van der Waals surface area contributed by atoms with Gasteiger partial charge in [0, 0.05) is 25.2 Å². The van der Waals surface area contributed by atoms with Crippen LogP contribution < -0.4 is 19.7 Å². The molecule has 1 atom stereocenters. The third-order valence-electron chi connectivity index (χ3n) is 4.72. The molecule has 1 aliphatic rings. The average molecular weight is 382 g/mol. The average Bonchev–Trinajstić information content (AvgIpc) is 3.13. The lowest BCUT2D eigenvalue weighted by Gasteiger charge is -2.16. The summed E-state index contributed by atoms with van der Waals surface area (Å²) in [5.41, 5.74) is 1.74. The quantitative estimate of drug-likeness (QED) is 0.762. The molecule has 1 saturated heterocycles. The van der Waals surface area contributed by atoms with Crippen LogP contribution in [0.4, 0.5) is 5.69 Å². The van der Waals surface area contributed by atoms with Gasteiger partial charge in [-0.3, -0.25) is 9.59 Å². The van der Waals surface area contributed by atoms with Crippen molar-refractivity contribution in [3.8, 4) is 11.5 Å². The number of para-hydroxylation sites is 1. The van der Waals surface area contributed by atoms with Crippen LogP contribution in [-0.2, 0) is 16.1 Å². The first kappa shape index (κ1) is 19.7. The van der Waals surface area contributed by atoms with Gasteiger partial charge in [0.25, 0.3) is 0 Å². The monoisotopic (exact) mass is 382 g/mol. The molecule has 148 valence electrons. The van der Waals surface area contributed by atoms with E-state index < -0.39 is 0 Å². The Labute approximate surface area is 165 Å². The molecule has 2 aromatic carbocycles. The molecule has 1 unspecified atom stereocenters. The van der Waals surface area contributed by atoms with Crippen LogP contribution in [0, 0.1) is 5.92 Å². The smallest absolute Gasteiger partial charge is 0.227 e. The second-order valence-corrected chi connectivity index (χ2v) is 6.79. The molecular formula is C22H26N2O4. The molecule has 2 amide bonds. The minimum absolute atomic E-state index is 0.0227. The van der Waals surface area contributed by atoms with Gasteiger partial charge in [-0.1, -0.05) is 31.2 Å². The fourth-order valence-electron chi connectivity index (χ4n) is 3.23. The van der Waals surface area contributed by atoms with Gasteiger partial charge in [-0.25, -0.2) is 0 Å². The Balaban J connectivity index is 1.58. The summed E-state index contributed by atoms with van der Waals surface area (Å²) in [6.45, 7) is 3.45. The van der Waals surface area contributed by atoms with Crippen LogP contribution >= 0.6 is 0 Å². The van der Waals surface area contributed by atoms with Gasteiger partial charge in [-0.15, -0.1) is 0 Å². The van der Waals surface area contributed by atoms with Crippen molar-refractivity contribution in [1.82, 2.24) is 5.32 Å². The number of methoxy groups -OCH3 is 1. The Morgan fingerprint density at radius 1 is 1.18 bits per heavy atom. The summed E-state index contributed by atoms with van der Waals surface area (Å²) in [4.78, 5) is 26.5. The molecule has 0 radical (unpaired) electrons. The summed E-state index contributed by atoms with van der Waals surface area (Å²) in [7, 11) is 1.60. The SMILES string of the molecule is CCCOc1ccc(CNC(=O)C2CC(=O)N(c3ccccc3)C2)cc1OC. The van der Waals surface area contributed by atoms with E-state index in [-0.39, 0.29) is 24.2 Å². The van der Waals surface area contributed by atoms with Crippen LogP contribution in [0.25, 0.3) is 0 Å². The van der Waals surface area contributed by atoms with Crippen molar-refractivity contribution in [2.45, 2.75) is 26.3 Å². The maximum absolute atomic E-state index is 12.6. The maximum atomic E-state index is 12.6. The molecule has 2 aromatic rings. The third-order valence-corrected chi connectivity index (χ3v) is 4.72. The van der Waals surface area contributed by atoms with Crippen LogP contribution in [0.2, 0.25) is 0 Å². The molecule has 1 fully saturated rings. The number of hydrogen-bond acceptors (Lipinski definition) is 4. The van der Waals surface area contributed by atoms with Gasteiger partial charge in [-0.05, 0) is 36.2 Å². The number of rotatable bonds is 8. The lowest BCUT2D eigenvalue weighted by molar-refractivity contribution is -0.126. The summed E-state index contributed by atoms with van der Waals surface area (Å²) >= 11 is 0. The van der Waals surface area contributed by atoms with Crippen molar-refractivity contribution in [2.75, 3.05) is 25.2 Å². The minimum atomic E-state index is -0.346. The Morgan fingerprint density at radius 3 is 2.68 bits per heavy atom. The second-order valence-electron chi connectivity index (χ2n) is 6.79. The van der Waals surface area contributed by atoms with Gasteiger partial charge in [-0.2, -0.15) is 0 Å². The van der Waals surface area contributed by atoms with E-state index in [1.807, 2.05) is 55.5 Å². The number of anilines is 1. The molecule has 0 bridgehead atoms. The number of carbonyl (C=O) groups is 2. The zero-order valence-electron chi connectivity index (χ0n) is 16.3. The topological polar surface area (TPSA) is 67.9 Å². The van der Waals surface area contributed by atoms with Crippen molar-refractivity contribution in [3.63, 3.8) is 0 Å². The van der Waals surface area contributed by atoms with E-state index in [0.717, 1.165) is 17.7 Å². The van der Waals surface area contributed by atoms with E-state index in [4.69, 9.17) is 9.47 Å². The predicted molar refractivity (Wildman–Crippen MR) is 108 cm³/mol. The number of carbonyl (C=O) groups excluding carboxylic acids is 2. The number of nitrogens with one attached hydrogen (secondary N) is 1. The van der Waals surface area contributed by atoms with Crippen LogP contribution in [-0.4, -0.2) is 32.1 Å². The first-order chi connectivity index (χ1) is 13.6. The molecular weight excluding hydrogens is 356 g/mol. The zero-order valence-corrected chi connectivity index (χ0v) is 16.3. The van der Waals surface area contributed by atoms with Crippen molar-refractivity contribution < 1.29 is 19.1 Å². The Hall–Kier alpha value is -3.02. The predicted octanol–water partition coefficient (Wildman–Crippen LogP) is 3.15. The van der Waals surface area contributed by atoms with Gasteiger partial charge in [0.2, 0.25) is 11.8 Å². The second kappa shape index (κ2) is 9.26. The standard InChI is InChI=1S/C22H26N2O4/c1-3-11-28-19-10-9-16(12-20(19)27-2)14-23-22(26)17-13-21(25)24(15-17)18-7-5-4-6-8-18/h4-10,12,17H,3,11,13-15H2,1-2H3,(H,23,26). The Kier molecular flexibility index (Phi) is 6.53. The van der Waals surface area contributed by atoms with Crippen LogP contribution in [0.15, 0.2) is 48.5 Å². The fraction of sp³-hybridized carbons (Fsp3) is 0.364. The van der Waals surface area contributed by atoms with E-state index in [9.17, 15) is 9.59 Å². The van der Waals surface area contributed by atoms with Crippen molar-refractivity contribution in [2.24, 2.45) is 5.92 Å². The number of benzene rings is 2. The van der Waals surface area contributed by atoms with Gasteiger partial charge >= 0.3 is 0 Å². The Morgan fingerprint density at radius 2 is 1.96 bits per heavy atom. The molecule has 6 nitrogen and oxygen atoms in total. The number of amides is 2. The molecule has 1 aliphatic heterocycles. The van der Waals surface area contributed by atoms with Crippen molar-refractivity contribution >= 4 is 17.5 Å². The summed E-state index contributed by atoms with van der Waals surface area (Å²) in [6, 6.07) is 15.1. The van der Waals surface area contributed by atoms with Gasteiger partial charge in [0.15, 0.2) is 11.5 Å². The summed E-state index contributed by atoms with van der Waals surface area (Å²) in [6.07, 6.45) is 1.15. The number of hydrogen-bond donors (Lipinski definition) is 1. The van der Waals surface area contributed by atoms with E-state index in [1.165, 1.54) is 0 Å². The molecule has 1 N–H and O–H groups in total. The highest BCUT2D eigenvalue weighted by Gasteiger charge is 2.34. The lowest BCUT2D eigenvalue weighted by Crippen LogP contribution is -2.32. The number of ether oxygens (including phenoxy) is 2. The largest absolute Gasteiger partial charge is 0.493 e. The fourth-order valence-corrected chi connectivity index (χ4v) is 3.23. The highest BCUT2D eigenvalue weighted by molar-refractivity contribution is 6.00. The van der Waals surface area contributed by atoms with Gasteiger partial charge in [0.1, 0.15) is 0 Å².